The van der Waals surface area contributed by atoms with E-state index >= 15 is 0 Å². The van der Waals surface area contributed by atoms with Crippen LogP contribution in [-0.2, 0) is 6.18 Å². The maximum Gasteiger partial charge on any atom is 0.435 e. The van der Waals surface area contributed by atoms with Gasteiger partial charge < -0.3 is 10.0 Å². The summed E-state index contributed by atoms with van der Waals surface area (Å²) < 4.78 is 55.9. The molecular weight excluding hydrogens is 428 g/mol. The van der Waals surface area contributed by atoms with E-state index in [0.717, 1.165) is 17.7 Å². The van der Waals surface area contributed by atoms with Gasteiger partial charge in [0.15, 0.2) is 11.4 Å². The van der Waals surface area contributed by atoms with Crippen LogP contribution in [0.2, 0.25) is 0 Å². The number of halogens is 4. The van der Waals surface area contributed by atoms with Gasteiger partial charge in [0.1, 0.15) is 11.5 Å². The zero-order valence-electron chi connectivity index (χ0n) is 16.8. The van der Waals surface area contributed by atoms with Crippen molar-refractivity contribution in [2.24, 2.45) is 5.92 Å². The highest BCUT2D eigenvalue weighted by Crippen LogP contribution is 2.35. The molecular formula is C22H20F4N4O2. The number of aromatic nitrogens is 3. The summed E-state index contributed by atoms with van der Waals surface area (Å²) in [5, 5.41) is 17.5. The van der Waals surface area contributed by atoms with Gasteiger partial charge in [-0.1, -0.05) is 47.7 Å². The monoisotopic (exact) mass is 448 g/mol. The summed E-state index contributed by atoms with van der Waals surface area (Å²) in [4.78, 5) is 14.2. The van der Waals surface area contributed by atoms with E-state index in [0.29, 0.717) is 17.5 Å². The number of aliphatic hydroxyl groups is 1. The molecule has 1 aliphatic rings. The SMILES string of the molecule is O=C(c1nnn(-c2ccccc2F)c1C(F)(F)F)N1CCC(C(O)c2ccccc2)CC1. The number of para-hydroxylation sites is 1. The van der Waals surface area contributed by atoms with Gasteiger partial charge in [0.25, 0.3) is 5.91 Å². The fourth-order valence-corrected chi connectivity index (χ4v) is 3.96. The third kappa shape index (κ3) is 4.22. The average molecular weight is 448 g/mol. The summed E-state index contributed by atoms with van der Waals surface area (Å²) in [5.41, 5.74) is -1.98. The van der Waals surface area contributed by atoms with Crippen molar-refractivity contribution in [3.05, 3.63) is 77.4 Å². The van der Waals surface area contributed by atoms with Crippen LogP contribution in [0.4, 0.5) is 17.6 Å². The summed E-state index contributed by atoms with van der Waals surface area (Å²) in [6, 6.07) is 13.9. The Morgan fingerprint density at radius 2 is 1.66 bits per heavy atom. The van der Waals surface area contributed by atoms with E-state index in [4.69, 9.17) is 0 Å². The number of alkyl halides is 3. The Morgan fingerprint density at radius 3 is 2.28 bits per heavy atom. The molecule has 1 fully saturated rings. The first-order chi connectivity index (χ1) is 15.3. The molecule has 0 bridgehead atoms. The molecule has 2 heterocycles. The van der Waals surface area contributed by atoms with E-state index in [1.165, 1.54) is 17.0 Å². The number of hydrogen-bond acceptors (Lipinski definition) is 4. The first-order valence-corrected chi connectivity index (χ1v) is 10.1. The van der Waals surface area contributed by atoms with Crippen molar-refractivity contribution < 1.29 is 27.5 Å². The van der Waals surface area contributed by atoms with Gasteiger partial charge in [0.2, 0.25) is 0 Å². The van der Waals surface area contributed by atoms with E-state index in [1.807, 2.05) is 18.2 Å². The van der Waals surface area contributed by atoms with E-state index in [2.05, 4.69) is 10.3 Å². The van der Waals surface area contributed by atoms with Crippen molar-refractivity contribution >= 4 is 5.91 Å². The van der Waals surface area contributed by atoms with Gasteiger partial charge in [0.05, 0.1) is 6.10 Å². The molecule has 1 saturated heterocycles. The molecule has 1 amide bonds. The Bertz CT molecular complexity index is 1090. The molecule has 168 valence electrons. The Kier molecular flexibility index (Phi) is 5.96. The van der Waals surface area contributed by atoms with Gasteiger partial charge in [-0.3, -0.25) is 4.79 Å². The van der Waals surface area contributed by atoms with Gasteiger partial charge in [-0.2, -0.15) is 13.2 Å². The first-order valence-electron chi connectivity index (χ1n) is 10.1. The molecule has 10 heteroatoms. The molecule has 1 aromatic heterocycles. The molecule has 6 nitrogen and oxygen atoms in total. The van der Waals surface area contributed by atoms with Gasteiger partial charge in [-0.25, -0.2) is 9.07 Å². The zero-order valence-corrected chi connectivity index (χ0v) is 16.8. The lowest BCUT2D eigenvalue weighted by atomic mass is 9.87. The Balaban J connectivity index is 1.55. The summed E-state index contributed by atoms with van der Waals surface area (Å²) in [5.74, 6) is -1.97. The minimum Gasteiger partial charge on any atom is -0.388 e. The van der Waals surface area contributed by atoms with E-state index in [9.17, 15) is 27.5 Å². The zero-order chi connectivity index (χ0) is 22.9. The van der Waals surface area contributed by atoms with Crippen LogP contribution < -0.4 is 0 Å². The number of rotatable bonds is 4. The van der Waals surface area contributed by atoms with Crippen molar-refractivity contribution in [2.45, 2.75) is 25.1 Å². The molecule has 1 N–H and O–H groups in total. The van der Waals surface area contributed by atoms with Crippen LogP contribution in [0, 0.1) is 11.7 Å². The number of carbonyl (C=O) groups is 1. The topological polar surface area (TPSA) is 71.2 Å². The molecule has 0 saturated carbocycles. The van der Waals surface area contributed by atoms with Crippen LogP contribution in [0.3, 0.4) is 0 Å². The number of amides is 1. The maximum atomic E-state index is 14.1. The number of aliphatic hydroxyl groups excluding tert-OH is 1. The standard InChI is InChI=1S/C22H20F4N4O2/c23-16-8-4-5-9-17(16)30-20(22(24,25)26)18(27-28-30)21(32)29-12-10-15(11-13-29)19(31)14-6-2-1-3-7-14/h1-9,15,19,31H,10-13H2. The Hall–Kier alpha value is -3.27. The molecule has 0 aliphatic carbocycles. The van der Waals surface area contributed by atoms with Crippen molar-refractivity contribution in [3.8, 4) is 5.69 Å². The van der Waals surface area contributed by atoms with Gasteiger partial charge in [0, 0.05) is 13.1 Å². The number of piperidine rings is 1. The maximum absolute atomic E-state index is 14.1. The molecule has 1 atom stereocenters. The lowest BCUT2D eigenvalue weighted by Gasteiger charge is -2.34. The van der Waals surface area contributed by atoms with Crippen LogP contribution in [0.15, 0.2) is 54.6 Å². The minimum atomic E-state index is -4.97. The summed E-state index contributed by atoms with van der Waals surface area (Å²) in [6.07, 6.45) is -4.85. The smallest absolute Gasteiger partial charge is 0.388 e. The quantitative estimate of drug-likeness (QED) is 0.613. The lowest BCUT2D eigenvalue weighted by Crippen LogP contribution is -2.40. The molecule has 1 unspecified atom stereocenters. The Labute approximate surface area is 181 Å². The number of carbonyl (C=O) groups excluding carboxylic acids is 1. The predicted molar refractivity (Wildman–Crippen MR) is 106 cm³/mol. The fourth-order valence-electron chi connectivity index (χ4n) is 3.96. The van der Waals surface area contributed by atoms with Crippen LogP contribution in [0.5, 0.6) is 0 Å². The summed E-state index contributed by atoms with van der Waals surface area (Å²) in [6.45, 7) is 0.328. The lowest BCUT2D eigenvalue weighted by molar-refractivity contribution is -0.143. The van der Waals surface area contributed by atoms with E-state index in [-0.39, 0.29) is 19.0 Å². The summed E-state index contributed by atoms with van der Waals surface area (Å²) in [7, 11) is 0. The second-order valence-electron chi connectivity index (χ2n) is 7.63. The molecule has 0 spiro atoms. The Morgan fingerprint density at radius 1 is 1.03 bits per heavy atom. The van der Waals surface area contributed by atoms with Crippen LogP contribution in [0.25, 0.3) is 5.69 Å². The van der Waals surface area contributed by atoms with Crippen LogP contribution in [-0.4, -0.2) is 44.0 Å². The number of hydrogen-bond donors (Lipinski definition) is 1. The summed E-state index contributed by atoms with van der Waals surface area (Å²) >= 11 is 0. The van der Waals surface area contributed by atoms with Crippen molar-refractivity contribution in [1.82, 2.24) is 19.9 Å². The van der Waals surface area contributed by atoms with Gasteiger partial charge >= 0.3 is 6.18 Å². The van der Waals surface area contributed by atoms with Gasteiger partial charge in [-0.05, 0) is 36.5 Å². The molecule has 4 rings (SSSR count). The highest BCUT2D eigenvalue weighted by Gasteiger charge is 2.43. The molecule has 3 aromatic rings. The van der Waals surface area contributed by atoms with Crippen molar-refractivity contribution in [2.75, 3.05) is 13.1 Å². The first kappa shape index (κ1) is 21.9. The van der Waals surface area contributed by atoms with Crippen LogP contribution >= 0.6 is 0 Å². The molecule has 32 heavy (non-hydrogen) atoms. The molecule has 0 radical (unpaired) electrons. The second-order valence-corrected chi connectivity index (χ2v) is 7.63. The fraction of sp³-hybridized carbons (Fsp3) is 0.318. The predicted octanol–water partition coefficient (Wildman–Crippen LogP) is 4.01. The molecule has 1 aliphatic heterocycles. The third-order valence-electron chi connectivity index (χ3n) is 5.64. The van der Waals surface area contributed by atoms with E-state index < -0.39 is 41.1 Å². The number of likely N-dealkylation sites (tertiary alicyclic amines) is 1. The minimum absolute atomic E-state index is 0.127. The number of nitrogens with zero attached hydrogens (tertiary/aromatic N) is 4. The highest BCUT2D eigenvalue weighted by molar-refractivity contribution is 5.93. The average Bonchev–Trinajstić information content (AvgIpc) is 3.25. The normalized spacial score (nSPS) is 16.2. The number of benzene rings is 2. The van der Waals surface area contributed by atoms with Crippen molar-refractivity contribution in [3.63, 3.8) is 0 Å². The van der Waals surface area contributed by atoms with Gasteiger partial charge in [-0.15, -0.1) is 5.10 Å². The van der Waals surface area contributed by atoms with Crippen LogP contribution in [0.1, 0.15) is 40.7 Å². The third-order valence-corrected chi connectivity index (χ3v) is 5.64. The van der Waals surface area contributed by atoms with Crippen molar-refractivity contribution in [1.29, 1.82) is 0 Å². The van der Waals surface area contributed by atoms with E-state index in [1.54, 1.807) is 12.1 Å². The largest absolute Gasteiger partial charge is 0.435 e. The highest BCUT2D eigenvalue weighted by atomic mass is 19.4. The second kappa shape index (κ2) is 8.70. The molecule has 2 aromatic carbocycles.